The summed E-state index contributed by atoms with van der Waals surface area (Å²) >= 11 is 1.12. The number of rotatable bonds is 10. The number of aromatic nitrogens is 1. The third kappa shape index (κ3) is 6.13. The normalized spacial score (nSPS) is 16.9. The lowest BCUT2D eigenvalue weighted by Gasteiger charge is -2.46. The number of anilines is 1. The fraction of sp³-hybridized carbons (Fsp3) is 0.417. The zero-order valence-electron chi connectivity index (χ0n) is 20.4. The molecule has 3 heterocycles. The van der Waals surface area contributed by atoms with Crippen molar-refractivity contribution in [2.24, 2.45) is 5.73 Å². The van der Waals surface area contributed by atoms with E-state index in [1.807, 2.05) is 0 Å². The number of allylic oxidation sites excluding steroid dienone is 1. The molecule has 2 saturated heterocycles. The van der Waals surface area contributed by atoms with Crippen LogP contribution >= 0.6 is 11.3 Å². The number of carbonyl (C=O) groups excluding carboxylic acids is 2. The molecule has 0 spiro atoms. The van der Waals surface area contributed by atoms with E-state index in [9.17, 15) is 14.0 Å². The Morgan fingerprint density at radius 2 is 2.03 bits per heavy atom. The zero-order valence-corrected chi connectivity index (χ0v) is 21.2. The Bertz CT molecular complexity index is 1210. The summed E-state index contributed by atoms with van der Waals surface area (Å²) in [6, 6.07) is 2.51. The zero-order chi connectivity index (χ0) is 26.5. The van der Waals surface area contributed by atoms with E-state index in [0.717, 1.165) is 36.6 Å². The molecule has 0 unspecified atom stereocenters. The lowest BCUT2D eigenvalue weighted by atomic mass is 10.0. The van der Waals surface area contributed by atoms with Gasteiger partial charge in [-0.2, -0.15) is 0 Å². The quantitative estimate of drug-likeness (QED) is 0.176. The number of ketones is 1. The van der Waals surface area contributed by atoms with Crippen LogP contribution in [0.25, 0.3) is 5.70 Å². The van der Waals surface area contributed by atoms with Crippen molar-refractivity contribution in [3.8, 4) is 5.75 Å². The Balaban J connectivity index is 1.37. The van der Waals surface area contributed by atoms with Crippen molar-refractivity contribution in [3.63, 3.8) is 0 Å². The highest BCUT2D eigenvalue weighted by atomic mass is 32.1. The Morgan fingerprint density at radius 3 is 2.73 bits per heavy atom. The molecule has 0 saturated carbocycles. The molecule has 1 amide bonds. The first-order valence-electron chi connectivity index (χ1n) is 11.7. The number of amides is 1. The Morgan fingerprint density at radius 1 is 1.30 bits per heavy atom. The van der Waals surface area contributed by atoms with Crippen LogP contribution in [0.15, 0.2) is 23.6 Å². The molecule has 0 bridgehead atoms. The number of nitrogens with zero attached hydrogens (tertiary/aromatic N) is 3. The van der Waals surface area contributed by atoms with E-state index in [4.69, 9.17) is 31.1 Å². The highest BCUT2D eigenvalue weighted by Crippen LogP contribution is 2.26. The van der Waals surface area contributed by atoms with E-state index >= 15 is 0 Å². The maximum atomic E-state index is 14.4. The standard InChI is InChI=1S/C24H29FN6O5S/c1-34-6-7-36-21-10-17(26)15(8-16(21)25)22(28)20(32)9-18(27)23-29-19(13-37-23)24(33)31-11-14(12-31)30-2-4-35-5-3-30/h8-10,13-14,28H,2-7,11-12,26-27H2,1H3. The molecule has 2 aliphatic heterocycles. The smallest absolute Gasteiger partial charge is 0.273 e. The molecular weight excluding hydrogens is 503 g/mol. The Kier molecular flexibility index (Phi) is 8.48. The van der Waals surface area contributed by atoms with Gasteiger partial charge < -0.3 is 30.6 Å². The van der Waals surface area contributed by atoms with E-state index in [1.54, 1.807) is 10.3 Å². The molecule has 5 N–H and O–H groups in total. The summed E-state index contributed by atoms with van der Waals surface area (Å²) in [5.74, 6) is -1.85. The average Bonchev–Trinajstić information content (AvgIpc) is 3.36. The van der Waals surface area contributed by atoms with Crippen molar-refractivity contribution in [1.82, 2.24) is 14.8 Å². The van der Waals surface area contributed by atoms with Crippen LogP contribution in [-0.2, 0) is 14.3 Å². The number of halogens is 1. The van der Waals surface area contributed by atoms with Gasteiger partial charge in [-0.25, -0.2) is 9.37 Å². The second kappa shape index (κ2) is 11.8. The molecule has 2 fully saturated rings. The van der Waals surface area contributed by atoms with Crippen LogP contribution in [-0.4, -0.2) is 97.9 Å². The van der Waals surface area contributed by atoms with E-state index in [-0.39, 0.29) is 52.5 Å². The molecule has 198 valence electrons. The topological polar surface area (TPSA) is 157 Å². The molecule has 0 radical (unpaired) electrons. The number of benzene rings is 1. The molecule has 37 heavy (non-hydrogen) atoms. The summed E-state index contributed by atoms with van der Waals surface area (Å²) in [6.45, 7) is 4.77. The van der Waals surface area contributed by atoms with E-state index in [2.05, 4.69) is 9.88 Å². The molecule has 0 aliphatic carbocycles. The minimum absolute atomic E-state index is 0.00574. The van der Waals surface area contributed by atoms with Gasteiger partial charge in [0.15, 0.2) is 11.6 Å². The molecule has 11 nitrogen and oxygen atoms in total. The summed E-state index contributed by atoms with van der Waals surface area (Å²) in [7, 11) is 1.49. The van der Waals surface area contributed by atoms with Gasteiger partial charge in [-0.3, -0.25) is 19.9 Å². The highest BCUT2D eigenvalue weighted by Gasteiger charge is 2.36. The Labute approximate surface area is 217 Å². The average molecular weight is 533 g/mol. The third-order valence-electron chi connectivity index (χ3n) is 6.13. The lowest BCUT2D eigenvalue weighted by molar-refractivity contribution is -0.108. The van der Waals surface area contributed by atoms with Gasteiger partial charge in [0.2, 0.25) is 5.78 Å². The summed E-state index contributed by atoms with van der Waals surface area (Å²) in [6.07, 6.45) is 1.02. The van der Waals surface area contributed by atoms with Crippen molar-refractivity contribution < 1.29 is 28.2 Å². The summed E-state index contributed by atoms with van der Waals surface area (Å²) in [5, 5.41) is 10.0. The fourth-order valence-corrected chi connectivity index (χ4v) is 4.72. The van der Waals surface area contributed by atoms with Crippen LogP contribution in [0.4, 0.5) is 10.1 Å². The number of nitrogens with one attached hydrogen (secondary N) is 1. The number of ether oxygens (including phenoxy) is 3. The molecule has 13 heteroatoms. The van der Waals surface area contributed by atoms with E-state index in [1.165, 1.54) is 13.2 Å². The van der Waals surface area contributed by atoms with Gasteiger partial charge in [0.05, 0.1) is 25.5 Å². The summed E-state index contributed by atoms with van der Waals surface area (Å²) < 4.78 is 29.9. The largest absolute Gasteiger partial charge is 0.488 e. The number of nitrogen functional groups attached to an aromatic ring is 1. The first kappa shape index (κ1) is 26.7. The third-order valence-corrected chi connectivity index (χ3v) is 7.02. The van der Waals surface area contributed by atoms with E-state index < -0.39 is 17.3 Å². The van der Waals surface area contributed by atoms with Gasteiger partial charge in [-0.1, -0.05) is 0 Å². The molecule has 2 aromatic rings. The van der Waals surface area contributed by atoms with Crippen LogP contribution in [0, 0.1) is 11.2 Å². The van der Waals surface area contributed by atoms with Crippen LogP contribution in [0.1, 0.15) is 21.1 Å². The SMILES string of the molecule is COCCOc1cc(N)c(C(=N)C(=O)C=C(N)c2nc(C(=O)N3CC(N4CCOCC4)C3)cs2)cc1F. The molecule has 2 aliphatic rings. The number of likely N-dealkylation sites (tertiary alicyclic amines) is 1. The van der Waals surface area contributed by atoms with Crippen molar-refractivity contribution in [1.29, 1.82) is 5.41 Å². The van der Waals surface area contributed by atoms with Crippen LogP contribution in [0.5, 0.6) is 5.75 Å². The van der Waals surface area contributed by atoms with Crippen molar-refractivity contribution in [2.45, 2.75) is 6.04 Å². The minimum Gasteiger partial charge on any atom is -0.488 e. The number of thiazole rings is 1. The summed E-state index contributed by atoms with van der Waals surface area (Å²) in [5.41, 5.74) is 11.6. The van der Waals surface area contributed by atoms with Crippen molar-refractivity contribution >= 4 is 40.1 Å². The predicted molar refractivity (Wildman–Crippen MR) is 136 cm³/mol. The van der Waals surface area contributed by atoms with Crippen LogP contribution < -0.4 is 16.2 Å². The summed E-state index contributed by atoms with van der Waals surface area (Å²) in [4.78, 5) is 33.8. The number of carbonyl (C=O) groups is 2. The van der Waals surface area contributed by atoms with Gasteiger partial charge in [-0.15, -0.1) is 11.3 Å². The van der Waals surface area contributed by atoms with Gasteiger partial charge >= 0.3 is 0 Å². The minimum atomic E-state index is -0.782. The number of nitrogens with two attached hydrogens (primary N) is 2. The van der Waals surface area contributed by atoms with Gasteiger partial charge in [0.1, 0.15) is 23.0 Å². The maximum Gasteiger partial charge on any atom is 0.273 e. The number of hydrogen-bond acceptors (Lipinski definition) is 11. The highest BCUT2D eigenvalue weighted by molar-refractivity contribution is 7.11. The van der Waals surface area contributed by atoms with Gasteiger partial charge in [0, 0.05) is 68.1 Å². The number of methoxy groups -OCH3 is 1. The molecule has 0 atom stereocenters. The second-order valence-corrected chi connectivity index (χ2v) is 9.46. The predicted octanol–water partition coefficient (Wildman–Crippen LogP) is 0.983. The van der Waals surface area contributed by atoms with Crippen molar-refractivity contribution in [3.05, 3.63) is 45.7 Å². The maximum absolute atomic E-state index is 14.4. The van der Waals surface area contributed by atoms with Crippen LogP contribution in [0.2, 0.25) is 0 Å². The second-order valence-electron chi connectivity index (χ2n) is 8.60. The molecular formula is C24H29FN6O5S. The monoisotopic (exact) mass is 532 g/mol. The van der Waals surface area contributed by atoms with Crippen LogP contribution in [0.3, 0.4) is 0 Å². The fourth-order valence-electron chi connectivity index (χ4n) is 4.00. The number of morpholine rings is 1. The van der Waals surface area contributed by atoms with Gasteiger partial charge in [-0.05, 0) is 6.07 Å². The first-order chi connectivity index (χ1) is 17.8. The molecule has 1 aromatic heterocycles. The Hall–Kier alpha value is -3.39. The van der Waals surface area contributed by atoms with E-state index in [0.29, 0.717) is 32.3 Å². The van der Waals surface area contributed by atoms with Crippen molar-refractivity contribution in [2.75, 3.05) is 65.5 Å². The first-order valence-corrected chi connectivity index (χ1v) is 12.5. The molecule has 4 rings (SSSR count). The lowest BCUT2D eigenvalue weighted by Crippen LogP contribution is -2.62. The van der Waals surface area contributed by atoms with Gasteiger partial charge in [0.25, 0.3) is 5.91 Å². The molecule has 1 aromatic carbocycles. The number of hydrogen-bond donors (Lipinski definition) is 3.